The molecule has 0 radical (unpaired) electrons. The van der Waals surface area contributed by atoms with Gasteiger partial charge < -0.3 is 14.6 Å². The summed E-state index contributed by atoms with van der Waals surface area (Å²) in [6, 6.07) is 2.11. The lowest BCUT2D eigenvalue weighted by Gasteiger charge is -2.34. The fourth-order valence-corrected chi connectivity index (χ4v) is 2.32. The highest BCUT2D eigenvalue weighted by Gasteiger charge is 2.29. The second-order valence-electron chi connectivity index (χ2n) is 5.18. The number of carbonyl (C=O) groups is 1. The van der Waals surface area contributed by atoms with Crippen LogP contribution in [0.1, 0.15) is 35.6 Å². The Balaban J connectivity index is 2.49. The molecule has 0 saturated heterocycles. The maximum absolute atomic E-state index is 10.8. The number of carbonyl (C=O) groups excluding carboxylic acids is 1. The molecule has 0 N–H and O–H groups in total. The van der Waals surface area contributed by atoms with Crippen LogP contribution in [-0.4, -0.2) is 11.6 Å². The van der Waals surface area contributed by atoms with Gasteiger partial charge in [-0.3, -0.25) is 0 Å². The third-order valence-electron chi connectivity index (χ3n) is 3.47. The second kappa shape index (κ2) is 4.16. The van der Waals surface area contributed by atoms with Crippen LogP contribution in [0.15, 0.2) is 12.1 Å². The van der Waals surface area contributed by atoms with Crippen molar-refractivity contribution in [1.82, 2.24) is 0 Å². The molecule has 0 amide bonds. The van der Waals surface area contributed by atoms with Gasteiger partial charge in [-0.1, -0.05) is 12.1 Å². The minimum absolute atomic E-state index is 0.143. The van der Waals surface area contributed by atoms with Gasteiger partial charge in [-0.25, -0.2) is 0 Å². The lowest BCUT2D eigenvalue weighted by molar-refractivity contribution is -0.308. The molecule has 2 rings (SSSR count). The van der Waals surface area contributed by atoms with Crippen molar-refractivity contribution in [3.05, 3.63) is 34.4 Å². The fraction of sp³-hybridized carbons (Fsp3) is 0.400. The predicted molar refractivity (Wildman–Crippen MR) is 68.3 cm³/mol. The van der Waals surface area contributed by atoms with E-state index >= 15 is 0 Å². The maximum Gasteiger partial charge on any atom is 0.131 e. The molecule has 0 aliphatic carbocycles. The zero-order valence-electron chi connectivity index (χ0n) is 11.2. The van der Waals surface area contributed by atoms with E-state index in [0.717, 1.165) is 28.0 Å². The molecule has 0 aromatic heterocycles. The predicted octanol–water partition coefficient (Wildman–Crippen LogP) is 1.92. The van der Waals surface area contributed by atoms with Crippen LogP contribution in [0, 0.1) is 20.8 Å². The largest absolute Gasteiger partial charge is 0.550 e. The highest BCUT2D eigenvalue weighted by molar-refractivity contribution is 5.71. The van der Waals surface area contributed by atoms with Crippen molar-refractivity contribution in [3.63, 3.8) is 0 Å². The number of carboxylic acid groups (broad SMARTS) is 1. The summed E-state index contributed by atoms with van der Waals surface area (Å²) in [5.41, 5.74) is 3.56. The molecule has 0 bridgehead atoms. The van der Waals surface area contributed by atoms with Crippen LogP contribution >= 0.6 is 0 Å². The average Bonchev–Trinajstić information content (AvgIpc) is 2.24. The van der Waals surface area contributed by atoms with E-state index in [9.17, 15) is 9.90 Å². The zero-order chi connectivity index (χ0) is 13.5. The first-order chi connectivity index (χ1) is 8.32. The van der Waals surface area contributed by atoms with E-state index in [1.807, 2.05) is 26.8 Å². The monoisotopic (exact) mass is 245 g/mol. The number of hydrogen-bond acceptors (Lipinski definition) is 3. The molecular formula is C15H17O3-. The summed E-state index contributed by atoms with van der Waals surface area (Å²) < 4.78 is 5.92. The third-order valence-corrected chi connectivity index (χ3v) is 3.47. The first-order valence-corrected chi connectivity index (χ1v) is 6.01. The number of rotatable bonds is 2. The normalized spacial score (nSPS) is 21.3. The molecule has 18 heavy (non-hydrogen) atoms. The molecule has 3 nitrogen and oxygen atoms in total. The van der Waals surface area contributed by atoms with Crippen molar-refractivity contribution in [3.8, 4) is 5.75 Å². The minimum atomic E-state index is -1.10. The van der Waals surface area contributed by atoms with Crippen LogP contribution in [0.25, 0.3) is 6.08 Å². The van der Waals surface area contributed by atoms with E-state index in [-0.39, 0.29) is 6.42 Å². The lowest BCUT2D eigenvalue weighted by Crippen LogP contribution is -2.39. The molecule has 1 unspecified atom stereocenters. The van der Waals surface area contributed by atoms with E-state index in [4.69, 9.17) is 4.74 Å². The highest BCUT2D eigenvalue weighted by Crippen LogP contribution is 2.38. The second-order valence-corrected chi connectivity index (χ2v) is 5.18. The number of aryl methyl sites for hydroxylation is 2. The van der Waals surface area contributed by atoms with E-state index in [0.29, 0.717) is 0 Å². The number of ether oxygens (including phenoxy) is 1. The minimum Gasteiger partial charge on any atom is -0.550 e. The third kappa shape index (κ3) is 2.13. The van der Waals surface area contributed by atoms with Crippen molar-refractivity contribution in [2.45, 2.75) is 39.7 Å². The number of hydrogen-bond donors (Lipinski definition) is 0. The van der Waals surface area contributed by atoms with Crippen LogP contribution < -0.4 is 9.84 Å². The number of aliphatic carboxylic acids is 1. The number of benzene rings is 1. The zero-order valence-corrected chi connectivity index (χ0v) is 11.2. The van der Waals surface area contributed by atoms with Gasteiger partial charge in [0.1, 0.15) is 11.4 Å². The van der Waals surface area contributed by atoms with Crippen LogP contribution in [0.4, 0.5) is 0 Å². The molecule has 96 valence electrons. The van der Waals surface area contributed by atoms with E-state index in [1.54, 1.807) is 13.0 Å². The number of carboxylic acids is 1. The Labute approximate surface area is 107 Å². The Kier molecular flexibility index (Phi) is 2.93. The van der Waals surface area contributed by atoms with Gasteiger partial charge in [0.2, 0.25) is 0 Å². The molecular weight excluding hydrogens is 228 g/mol. The van der Waals surface area contributed by atoms with Crippen molar-refractivity contribution in [2.75, 3.05) is 0 Å². The lowest BCUT2D eigenvalue weighted by atomic mass is 9.92. The topological polar surface area (TPSA) is 49.4 Å². The van der Waals surface area contributed by atoms with Crippen LogP contribution in [-0.2, 0) is 4.79 Å². The van der Waals surface area contributed by atoms with Gasteiger partial charge in [0.05, 0.1) is 0 Å². The molecule has 1 aromatic carbocycles. The average molecular weight is 245 g/mol. The summed E-state index contributed by atoms with van der Waals surface area (Å²) >= 11 is 0. The van der Waals surface area contributed by atoms with Gasteiger partial charge in [-0.15, -0.1) is 0 Å². The molecule has 0 spiro atoms. The van der Waals surface area contributed by atoms with Crippen LogP contribution in [0.3, 0.4) is 0 Å². The van der Waals surface area contributed by atoms with Crippen LogP contribution in [0.2, 0.25) is 0 Å². The molecule has 3 heteroatoms. The fourth-order valence-electron chi connectivity index (χ4n) is 2.32. The van der Waals surface area contributed by atoms with Gasteiger partial charge in [0, 0.05) is 18.0 Å². The summed E-state index contributed by atoms with van der Waals surface area (Å²) in [5.74, 6) is -0.314. The van der Waals surface area contributed by atoms with Gasteiger partial charge in [0.25, 0.3) is 0 Å². The maximum atomic E-state index is 10.8. The van der Waals surface area contributed by atoms with Crippen molar-refractivity contribution in [2.24, 2.45) is 0 Å². The smallest absolute Gasteiger partial charge is 0.131 e. The van der Waals surface area contributed by atoms with E-state index < -0.39 is 11.6 Å². The van der Waals surface area contributed by atoms with Gasteiger partial charge in [0.15, 0.2) is 0 Å². The van der Waals surface area contributed by atoms with Gasteiger partial charge in [-0.05, 0) is 50.5 Å². The van der Waals surface area contributed by atoms with E-state index in [2.05, 4.69) is 6.07 Å². The highest BCUT2D eigenvalue weighted by atomic mass is 16.5. The molecule has 0 fully saturated rings. The Bertz CT molecular complexity index is 543. The summed E-state index contributed by atoms with van der Waals surface area (Å²) in [5, 5.41) is 10.8. The molecule has 1 aliphatic rings. The summed E-state index contributed by atoms with van der Waals surface area (Å²) in [6.45, 7) is 7.81. The molecule has 1 atom stereocenters. The summed E-state index contributed by atoms with van der Waals surface area (Å²) in [6.07, 6.45) is 3.60. The van der Waals surface area contributed by atoms with Gasteiger partial charge in [-0.2, -0.15) is 0 Å². The Morgan fingerprint density at radius 2 is 2.00 bits per heavy atom. The van der Waals surface area contributed by atoms with Crippen molar-refractivity contribution in [1.29, 1.82) is 0 Å². The van der Waals surface area contributed by atoms with Crippen LogP contribution in [0.5, 0.6) is 5.75 Å². The SMILES string of the molecule is Cc1cc(C)c2c(c1C)OC(C)(CC(=O)[O-])C=C2. The van der Waals surface area contributed by atoms with Gasteiger partial charge >= 0.3 is 0 Å². The molecule has 1 heterocycles. The summed E-state index contributed by atoms with van der Waals surface area (Å²) in [7, 11) is 0. The Morgan fingerprint density at radius 1 is 1.33 bits per heavy atom. The first kappa shape index (κ1) is 12.7. The van der Waals surface area contributed by atoms with Crippen molar-refractivity contribution < 1.29 is 14.6 Å². The quantitative estimate of drug-likeness (QED) is 0.799. The molecule has 0 saturated carbocycles. The molecule has 1 aliphatic heterocycles. The van der Waals surface area contributed by atoms with E-state index in [1.165, 1.54) is 0 Å². The Hall–Kier alpha value is -1.77. The Morgan fingerprint density at radius 3 is 2.61 bits per heavy atom. The number of fused-ring (bicyclic) bond motifs is 1. The van der Waals surface area contributed by atoms with Crippen molar-refractivity contribution >= 4 is 12.0 Å². The molecule has 1 aromatic rings. The first-order valence-electron chi connectivity index (χ1n) is 6.01. The summed E-state index contributed by atoms with van der Waals surface area (Å²) in [4.78, 5) is 10.8. The standard InChI is InChI=1S/C15H18O3/c1-9-7-10(2)12-5-6-15(4,8-13(16)17)18-14(12)11(9)3/h5-7H,8H2,1-4H3,(H,16,17)/p-1.